The Morgan fingerprint density at radius 1 is 1.40 bits per heavy atom. The molecule has 1 rings (SSSR count). The van der Waals surface area contributed by atoms with Crippen LogP contribution in [-0.4, -0.2) is 6.29 Å². The highest BCUT2D eigenvalue weighted by atomic mass is 16.1. The van der Waals surface area contributed by atoms with Crippen LogP contribution in [0.4, 0.5) is 0 Å². The fraction of sp³-hybridized carbons (Fsp3) is 0.625. The molecular weight excluding hydrogens is 126 g/mol. The quantitative estimate of drug-likeness (QED) is 0.624. The van der Waals surface area contributed by atoms with Crippen molar-refractivity contribution in [3.8, 4) is 0 Å². The van der Waals surface area contributed by atoms with E-state index in [0.717, 1.165) is 24.1 Å². The van der Waals surface area contributed by atoms with E-state index in [1.807, 2.05) is 6.29 Å². The van der Waals surface area contributed by atoms with Gasteiger partial charge < -0.3 is 5.73 Å². The summed E-state index contributed by atoms with van der Waals surface area (Å²) < 4.78 is 0. The molecule has 0 amide bonds. The zero-order chi connectivity index (χ0) is 7.40. The molecule has 2 N–H and O–H groups in total. The summed E-state index contributed by atoms with van der Waals surface area (Å²) in [6, 6.07) is 0. The van der Waals surface area contributed by atoms with Gasteiger partial charge in [-0.1, -0.05) is 0 Å². The smallest absolute Gasteiger partial charge is 0.202 e. The SMILES string of the molecule is NC1=C(C[C]=O)CCCC1. The Bertz CT molecular complexity index is 161. The van der Waals surface area contributed by atoms with Crippen molar-refractivity contribution in [3.05, 3.63) is 11.3 Å². The molecule has 55 valence electrons. The second-order valence-corrected chi connectivity index (χ2v) is 2.66. The molecule has 0 aromatic heterocycles. The van der Waals surface area contributed by atoms with E-state index in [2.05, 4.69) is 0 Å². The summed E-state index contributed by atoms with van der Waals surface area (Å²) in [4.78, 5) is 10.0. The first-order valence-electron chi connectivity index (χ1n) is 3.66. The van der Waals surface area contributed by atoms with Crippen LogP contribution in [0.2, 0.25) is 0 Å². The third-order valence-corrected chi connectivity index (χ3v) is 1.91. The molecule has 1 aliphatic carbocycles. The van der Waals surface area contributed by atoms with Crippen LogP contribution in [0.5, 0.6) is 0 Å². The fourth-order valence-electron chi connectivity index (χ4n) is 1.28. The van der Waals surface area contributed by atoms with Gasteiger partial charge in [-0.2, -0.15) is 0 Å². The highest BCUT2D eigenvalue weighted by Gasteiger charge is 2.08. The summed E-state index contributed by atoms with van der Waals surface area (Å²) in [5, 5.41) is 0. The fourth-order valence-corrected chi connectivity index (χ4v) is 1.28. The Balaban J connectivity index is 2.58. The molecule has 0 saturated heterocycles. The summed E-state index contributed by atoms with van der Waals surface area (Å²) in [6.07, 6.45) is 6.63. The molecule has 0 atom stereocenters. The molecule has 0 heterocycles. The third-order valence-electron chi connectivity index (χ3n) is 1.91. The predicted octanol–water partition coefficient (Wildman–Crippen LogP) is 1.27. The third kappa shape index (κ3) is 1.59. The molecule has 1 radical (unpaired) electrons. The van der Waals surface area contributed by atoms with Crippen molar-refractivity contribution in [2.45, 2.75) is 32.1 Å². The lowest BCUT2D eigenvalue weighted by molar-refractivity contribution is 0.551. The first-order valence-corrected chi connectivity index (χ1v) is 3.66. The number of nitrogens with two attached hydrogens (primary N) is 1. The average molecular weight is 138 g/mol. The lowest BCUT2D eigenvalue weighted by atomic mass is 9.95. The molecule has 0 saturated carbocycles. The molecule has 2 nitrogen and oxygen atoms in total. The lowest BCUT2D eigenvalue weighted by Crippen LogP contribution is -2.07. The van der Waals surface area contributed by atoms with E-state index < -0.39 is 0 Å². The molecule has 0 aliphatic heterocycles. The molecule has 10 heavy (non-hydrogen) atoms. The normalized spacial score (nSPS) is 19.2. The number of carbonyl (C=O) groups excluding carboxylic acids is 1. The number of hydrogen-bond acceptors (Lipinski definition) is 2. The van der Waals surface area contributed by atoms with E-state index in [9.17, 15) is 4.79 Å². The van der Waals surface area contributed by atoms with Crippen LogP contribution in [0.1, 0.15) is 32.1 Å². The van der Waals surface area contributed by atoms with Crippen molar-refractivity contribution in [3.63, 3.8) is 0 Å². The minimum absolute atomic E-state index is 0.422. The van der Waals surface area contributed by atoms with Crippen LogP contribution in [0, 0.1) is 0 Å². The zero-order valence-electron chi connectivity index (χ0n) is 6.02. The first kappa shape index (κ1) is 7.32. The molecule has 0 spiro atoms. The highest BCUT2D eigenvalue weighted by Crippen LogP contribution is 2.22. The number of hydrogen-bond donors (Lipinski definition) is 1. The average Bonchev–Trinajstić information content (AvgIpc) is 1.94. The van der Waals surface area contributed by atoms with Crippen molar-refractivity contribution in [2.75, 3.05) is 0 Å². The van der Waals surface area contributed by atoms with Gasteiger partial charge in [0.25, 0.3) is 0 Å². The van der Waals surface area contributed by atoms with Gasteiger partial charge in [-0.25, -0.2) is 0 Å². The van der Waals surface area contributed by atoms with E-state index in [1.165, 1.54) is 12.8 Å². The summed E-state index contributed by atoms with van der Waals surface area (Å²) in [5.74, 6) is 0. The van der Waals surface area contributed by atoms with Crippen LogP contribution in [0.15, 0.2) is 11.3 Å². The molecule has 0 fully saturated rings. The maximum Gasteiger partial charge on any atom is 0.202 e. The molecule has 0 aromatic rings. The number of rotatable bonds is 2. The molecule has 0 aromatic carbocycles. The van der Waals surface area contributed by atoms with Gasteiger partial charge in [0.15, 0.2) is 0 Å². The van der Waals surface area contributed by atoms with Crippen LogP contribution in [-0.2, 0) is 4.79 Å². The number of allylic oxidation sites excluding steroid dienone is 2. The van der Waals surface area contributed by atoms with Crippen LogP contribution in [0.3, 0.4) is 0 Å². The molecule has 0 unspecified atom stereocenters. The summed E-state index contributed by atoms with van der Waals surface area (Å²) in [5.41, 5.74) is 7.70. The van der Waals surface area contributed by atoms with E-state index >= 15 is 0 Å². The maximum atomic E-state index is 10.0. The monoisotopic (exact) mass is 138 g/mol. The minimum atomic E-state index is 0.422. The Kier molecular flexibility index (Phi) is 2.49. The lowest BCUT2D eigenvalue weighted by Gasteiger charge is -2.14. The first-order chi connectivity index (χ1) is 4.84. The highest BCUT2D eigenvalue weighted by molar-refractivity contribution is 5.55. The Morgan fingerprint density at radius 3 is 2.70 bits per heavy atom. The summed E-state index contributed by atoms with van der Waals surface area (Å²) >= 11 is 0. The summed E-state index contributed by atoms with van der Waals surface area (Å²) in [7, 11) is 0. The van der Waals surface area contributed by atoms with E-state index in [1.54, 1.807) is 0 Å². The predicted molar refractivity (Wildman–Crippen MR) is 40.0 cm³/mol. The van der Waals surface area contributed by atoms with Gasteiger partial charge >= 0.3 is 0 Å². The molecule has 1 aliphatic rings. The Morgan fingerprint density at radius 2 is 2.10 bits per heavy atom. The van der Waals surface area contributed by atoms with Gasteiger partial charge in [-0.3, -0.25) is 4.79 Å². The van der Waals surface area contributed by atoms with Crippen LogP contribution < -0.4 is 5.73 Å². The van der Waals surface area contributed by atoms with Crippen LogP contribution in [0.25, 0.3) is 0 Å². The zero-order valence-corrected chi connectivity index (χ0v) is 6.02. The minimum Gasteiger partial charge on any atom is -0.402 e. The second-order valence-electron chi connectivity index (χ2n) is 2.66. The summed E-state index contributed by atoms with van der Waals surface area (Å²) in [6.45, 7) is 0. The van der Waals surface area contributed by atoms with Crippen molar-refractivity contribution >= 4 is 6.29 Å². The second kappa shape index (κ2) is 3.40. The largest absolute Gasteiger partial charge is 0.402 e. The maximum absolute atomic E-state index is 10.0. The van der Waals surface area contributed by atoms with Gasteiger partial charge in [0.1, 0.15) is 0 Å². The molecule has 0 bridgehead atoms. The van der Waals surface area contributed by atoms with E-state index in [-0.39, 0.29) is 0 Å². The molecular formula is C8H12NO. The van der Waals surface area contributed by atoms with Crippen molar-refractivity contribution < 1.29 is 4.79 Å². The van der Waals surface area contributed by atoms with E-state index in [4.69, 9.17) is 5.73 Å². The van der Waals surface area contributed by atoms with Gasteiger partial charge in [0.05, 0.1) is 0 Å². The Hall–Kier alpha value is -0.790. The molecule has 2 heteroatoms. The van der Waals surface area contributed by atoms with Gasteiger partial charge in [-0.15, -0.1) is 0 Å². The Labute approximate surface area is 61.1 Å². The van der Waals surface area contributed by atoms with Crippen LogP contribution >= 0.6 is 0 Å². The standard InChI is InChI=1S/C8H12NO/c9-8-4-2-1-3-7(8)5-6-10/h1-5,9H2. The van der Waals surface area contributed by atoms with Crippen molar-refractivity contribution in [1.29, 1.82) is 0 Å². The van der Waals surface area contributed by atoms with Crippen molar-refractivity contribution in [1.82, 2.24) is 0 Å². The van der Waals surface area contributed by atoms with Gasteiger partial charge in [-0.05, 0) is 31.3 Å². The van der Waals surface area contributed by atoms with E-state index in [0.29, 0.717) is 6.42 Å². The van der Waals surface area contributed by atoms with Crippen molar-refractivity contribution in [2.24, 2.45) is 5.73 Å². The van der Waals surface area contributed by atoms with Gasteiger partial charge in [0, 0.05) is 12.1 Å². The topological polar surface area (TPSA) is 43.1 Å². The van der Waals surface area contributed by atoms with Gasteiger partial charge in [0.2, 0.25) is 6.29 Å².